The monoisotopic (exact) mass is 216 g/mol. The summed E-state index contributed by atoms with van der Waals surface area (Å²) in [4.78, 5) is 13.7. The van der Waals surface area contributed by atoms with Gasteiger partial charge in [0.1, 0.15) is 6.17 Å². The van der Waals surface area contributed by atoms with Gasteiger partial charge in [0.25, 0.3) is 0 Å². The summed E-state index contributed by atoms with van der Waals surface area (Å²) in [5.74, 6) is 0.0229. The van der Waals surface area contributed by atoms with E-state index in [0.29, 0.717) is 19.5 Å². The minimum absolute atomic E-state index is 0.0229. The van der Waals surface area contributed by atoms with Crippen molar-refractivity contribution in [3.8, 4) is 0 Å². The molecule has 0 spiro atoms. The van der Waals surface area contributed by atoms with E-state index in [1.807, 2.05) is 0 Å². The molecular formula is C10H17FN2O2. The lowest BCUT2D eigenvalue weighted by molar-refractivity contribution is -0.132. The molecule has 86 valence electrons. The van der Waals surface area contributed by atoms with Crippen molar-refractivity contribution in [2.75, 3.05) is 26.7 Å². The number of ether oxygens (including phenoxy) is 1. The molecule has 2 aliphatic heterocycles. The molecule has 1 N–H and O–H groups in total. The Labute approximate surface area is 88.8 Å². The van der Waals surface area contributed by atoms with Gasteiger partial charge in [0.2, 0.25) is 5.91 Å². The van der Waals surface area contributed by atoms with Gasteiger partial charge in [-0.05, 0) is 6.42 Å². The molecule has 2 aliphatic rings. The molecule has 1 amide bonds. The first kappa shape index (κ1) is 10.8. The Hall–Kier alpha value is -0.680. The average Bonchev–Trinajstić information content (AvgIpc) is 2.84. The molecule has 2 heterocycles. The highest BCUT2D eigenvalue weighted by molar-refractivity contribution is 5.82. The van der Waals surface area contributed by atoms with E-state index in [1.165, 1.54) is 0 Å². The molecule has 5 heteroatoms. The molecular weight excluding hydrogens is 199 g/mol. The molecule has 0 aromatic rings. The molecule has 3 atom stereocenters. The summed E-state index contributed by atoms with van der Waals surface area (Å²) in [5, 5.41) is 2.91. The molecule has 0 aromatic heterocycles. The van der Waals surface area contributed by atoms with Crippen molar-refractivity contribution in [1.82, 2.24) is 10.2 Å². The highest BCUT2D eigenvalue weighted by atomic mass is 19.1. The van der Waals surface area contributed by atoms with E-state index in [9.17, 15) is 9.18 Å². The maximum Gasteiger partial charge on any atom is 0.239 e. The highest BCUT2D eigenvalue weighted by Gasteiger charge is 2.35. The predicted molar refractivity (Wildman–Crippen MR) is 53.3 cm³/mol. The van der Waals surface area contributed by atoms with Crippen LogP contribution < -0.4 is 5.32 Å². The summed E-state index contributed by atoms with van der Waals surface area (Å²) in [5.41, 5.74) is 0. The highest BCUT2D eigenvalue weighted by Crippen LogP contribution is 2.17. The predicted octanol–water partition coefficient (Wildman–Crippen LogP) is -0.0663. The number of amides is 1. The van der Waals surface area contributed by atoms with Crippen molar-refractivity contribution < 1.29 is 13.9 Å². The van der Waals surface area contributed by atoms with Gasteiger partial charge in [-0.2, -0.15) is 0 Å². The Morgan fingerprint density at radius 2 is 2.40 bits per heavy atom. The third kappa shape index (κ3) is 2.29. The maximum absolute atomic E-state index is 12.9. The lowest BCUT2D eigenvalue weighted by Gasteiger charge is -2.20. The van der Waals surface area contributed by atoms with Gasteiger partial charge in [-0.1, -0.05) is 0 Å². The molecule has 0 bridgehead atoms. The summed E-state index contributed by atoms with van der Waals surface area (Å²) in [6.45, 7) is 1.68. The normalized spacial score (nSPS) is 36.1. The SMILES string of the molecule is CO[C@H]1CCN(C(=O)[C@H]2C[C@H](F)CN2)C1. The minimum Gasteiger partial charge on any atom is -0.380 e. The maximum atomic E-state index is 12.9. The number of hydrogen-bond acceptors (Lipinski definition) is 3. The lowest BCUT2D eigenvalue weighted by Crippen LogP contribution is -2.42. The van der Waals surface area contributed by atoms with Gasteiger partial charge in [0.05, 0.1) is 12.1 Å². The summed E-state index contributed by atoms with van der Waals surface area (Å²) in [6, 6.07) is -0.324. The lowest BCUT2D eigenvalue weighted by atomic mass is 10.2. The second-order valence-electron chi connectivity index (χ2n) is 4.22. The van der Waals surface area contributed by atoms with Gasteiger partial charge in [0, 0.05) is 33.2 Å². The molecule has 2 fully saturated rings. The molecule has 2 rings (SSSR count). The zero-order valence-corrected chi connectivity index (χ0v) is 8.91. The van der Waals surface area contributed by atoms with Gasteiger partial charge >= 0.3 is 0 Å². The fraction of sp³-hybridized carbons (Fsp3) is 0.900. The molecule has 0 aromatic carbocycles. The van der Waals surface area contributed by atoms with Crippen LogP contribution in [0.3, 0.4) is 0 Å². The largest absolute Gasteiger partial charge is 0.380 e. The van der Waals surface area contributed by atoms with Crippen LogP contribution in [0, 0.1) is 0 Å². The van der Waals surface area contributed by atoms with Crippen LogP contribution in [0.2, 0.25) is 0 Å². The topological polar surface area (TPSA) is 41.6 Å². The van der Waals surface area contributed by atoms with E-state index in [4.69, 9.17) is 4.74 Å². The fourth-order valence-electron chi connectivity index (χ4n) is 2.22. The first-order chi connectivity index (χ1) is 7.20. The van der Waals surface area contributed by atoms with Crippen molar-refractivity contribution in [3.63, 3.8) is 0 Å². The molecule has 0 aliphatic carbocycles. The quantitative estimate of drug-likeness (QED) is 0.702. The third-order valence-corrected chi connectivity index (χ3v) is 3.17. The molecule has 15 heavy (non-hydrogen) atoms. The number of rotatable bonds is 2. The fourth-order valence-corrected chi connectivity index (χ4v) is 2.22. The Morgan fingerprint density at radius 1 is 1.60 bits per heavy atom. The van der Waals surface area contributed by atoms with Crippen molar-refractivity contribution in [2.45, 2.75) is 31.2 Å². The second-order valence-corrected chi connectivity index (χ2v) is 4.22. The van der Waals surface area contributed by atoms with Crippen LogP contribution >= 0.6 is 0 Å². The van der Waals surface area contributed by atoms with E-state index in [-0.39, 0.29) is 18.1 Å². The van der Waals surface area contributed by atoms with Crippen LogP contribution in [-0.2, 0) is 9.53 Å². The van der Waals surface area contributed by atoms with Gasteiger partial charge in [-0.15, -0.1) is 0 Å². The van der Waals surface area contributed by atoms with Crippen molar-refractivity contribution in [2.24, 2.45) is 0 Å². The van der Waals surface area contributed by atoms with Crippen LogP contribution in [0.1, 0.15) is 12.8 Å². The van der Waals surface area contributed by atoms with Crippen molar-refractivity contribution in [1.29, 1.82) is 0 Å². The molecule has 4 nitrogen and oxygen atoms in total. The first-order valence-electron chi connectivity index (χ1n) is 5.39. The molecule has 0 unspecified atom stereocenters. The Morgan fingerprint density at radius 3 is 2.93 bits per heavy atom. The third-order valence-electron chi connectivity index (χ3n) is 3.17. The second kappa shape index (κ2) is 4.45. The van der Waals surface area contributed by atoms with Gasteiger partial charge in [-0.25, -0.2) is 4.39 Å². The number of halogens is 1. The molecule has 0 radical (unpaired) electrons. The minimum atomic E-state index is -0.875. The smallest absolute Gasteiger partial charge is 0.239 e. The molecule has 2 saturated heterocycles. The van der Waals surface area contributed by atoms with Crippen molar-refractivity contribution >= 4 is 5.91 Å². The van der Waals surface area contributed by atoms with Crippen molar-refractivity contribution in [3.05, 3.63) is 0 Å². The van der Waals surface area contributed by atoms with E-state index < -0.39 is 6.17 Å². The van der Waals surface area contributed by atoms with Gasteiger partial charge in [0.15, 0.2) is 0 Å². The zero-order valence-electron chi connectivity index (χ0n) is 8.91. The number of carbonyl (C=O) groups excluding carboxylic acids is 1. The summed E-state index contributed by atoms with van der Waals surface area (Å²) < 4.78 is 18.1. The van der Waals surface area contributed by atoms with Crippen LogP contribution in [0.15, 0.2) is 0 Å². The van der Waals surface area contributed by atoms with Crippen LogP contribution in [0.5, 0.6) is 0 Å². The first-order valence-corrected chi connectivity index (χ1v) is 5.39. The zero-order chi connectivity index (χ0) is 10.8. The summed E-state index contributed by atoms with van der Waals surface area (Å²) >= 11 is 0. The standard InChI is InChI=1S/C10H17FN2O2/c1-15-8-2-3-13(6-8)10(14)9-4-7(11)5-12-9/h7-9,12H,2-6H2,1H3/t7-,8-,9+/m0/s1. The van der Waals surface area contributed by atoms with Crippen LogP contribution in [0.25, 0.3) is 0 Å². The van der Waals surface area contributed by atoms with E-state index in [0.717, 1.165) is 13.0 Å². The van der Waals surface area contributed by atoms with E-state index >= 15 is 0 Å². The van der Waals surface area contributed by atoms with Gasteiger partial charge in [-0.3, -0.25) is 4.79 Å². The summed E-state index contributed by atoms with van der Waals surface area (Å²) in [7, 11) is 1.66. The van der Waals surface area contributed by atoms with E-state index in [1.54, 1.807) is 12.0 Å². The number of likely N-dealkylation sites (tertiary alicyclic amines) is 1. The Kier molecular flexibility index (Phi) is 3.21. The number of nitrogens with one attached hydrogen (secondary N) is 1. The van der Waals surface area contributed by atoms with E-state index in [2.05, 4.69) is 5.32 Å². The number of carbonyl (C=O) groups is 1. The number of hydrogen-bond donors (Lipinski definition) is 1. The summed E-state index contributed by atoms with van der Waals surface area (Å²) in [6.07, 6.45) is 0.470. The Balaban J connectivity index is 1.86. The van der Waals surface area contributed by atoms with Gasteiger partial charge < -0.3 is 15.0 Å². The van der Waals surface area contributed by atoms with Crippen LogP contribution in [0.4, 0.5) is 4.39 Å². The molecule has 0 saturated carbocycles. The average molecular weight is 216 g/mol. The van der Waals surface area contributed by atoms with Crippen LogP contribution in [-0.4, -0.2) is 55.9 Å². The number of alkyl halides is 1. The number of nitrogens with zero attached hydrogens (tertiary/aromatic N) is 1. The Bertz CT molecular complexity index is 250. The number of methoxy groups -OCH3 is 1.